The van der Waals surface area contributed by atoms with Crippen molar-refractivity contribution in [2.75, 3.05) is 39.1 Å². The number of aromatic nitrogens is 2. The molecule has 0 fully saturated rings. The first kappa shape index (κ1) is 20.1. The van der Waals surface area contributed by atoms with Crippen molar-refractivity contribution in [1.82, 2.24) is 9.97 Å². The third-order valence-corrected chi connectivity index (χ3v) is 4.24. The van der Waals surface area contributed by atoms with Crippen LogP contribution in [0.25, 0.3) is 0 Å². The molecule has 0 amide bonds. The average molecular weight is 396 g/mol. The molecule has 152 valence electrons. The van der Waals surface area contributed by atoms with Crippen LogP contribution in [-0.4, -0.2) is 38.4 Å². The SMILES string of the molecule is COc1ccc(CNc2cc(Nc3cc(OC)c(OC)c(OC)c3)ncn2)cc1. The predicted molar refractivity (Wildman–Crippen MR) is 112 cm³/mol. The summed E-state index contributed by atoms with van der Waals surface area (Å²) in [7, 11) is 6.37. The minimum Gasteiger partial charge on any atom is -0.497 e. The van der Waals surface area contributed by atoms with Crippen LogP contribution in [0, 0.1) is 0 Å². The highest BCUT2D eigenvalue weighted by Crippen LogP contribution is 2.40. The van der Waals surface area contributed by atoms with E-state index in [0.717, 1.165) is 17.0 Å². The van der Waals surface area contributed by atoms with E-state index in [2.05, 4.69) is 20.6 Å². The molecule has 3 aromatic rings. The summed E-state index contributed by atoms with van der Waals surface area (Å²) in [6, 6.07) is 13.3. The fraction of sp³-hybridized carbons (Fsp3) is 0.238. The second-order valence-corrected chi connectivity index (χ2v) is 6.03. The van der Waals surface area contributed by atoms with Crippen molar-refractivity contribution in [3.8, 4) is 23.0 Å². The summed E-state index contributed by atoms with van der Waals surface area (Å²) in [5.74, 6) is 3.80. The van der Waals surface area contributed by atoms with Crippen molar-refractivity contribution in [3.05, 3.63) is 54.4 Å². The predicted octanol–water partition coefficient (Wildman–Crippen LogP) is 3.87. The van der Waals surface area contributed by atoms with E-state index in [1.807, 2.05) is 42.5 Å². The first-order chi connectivity index (χ1) is 14.2. The number of nitrogens with zero attached hydrogens (tertiary/aromatic N) is 2. The van der Waals surface area contributed by atoms with Crippen LogP contribution >= 0.6 is 0 Å². The zero-order valence-electron chi connectivity index (χ0n) is 16.9. The van der Waals surface area contributed by atoms with Crippen molar-refractivity contribution in [2.45, 2.75) is 6.54 Å². The summed E-state index contributed by atoms with van der Waals surface area (Å²) in [5.41, 5.74) is 1.86. The Kier molecular flexibility index (Phi) is 6.57. The lowest BCUT2D eigenvalue weighted by Crippen LogP contribution is -2.03. The van der Waals surface area contributed by atoms with E-state index in [0.29, 0.717) is 35.4 Å². The third kappa shape index (κ3) is 4.98. The van der Waals surface area contributed by atoms with Crippen LogP contribution in [0.5, 0.6) is 23.0 Å². The normalized spacial score (nSPS) is 10.2. The molecule has 2 aromatic carbocycles. The Hall–Kier alpha value is -3.68. The van der Waals surface area contributed by atoms with Crippen molar-refractivity contribution in [1.29, 1.82) is 0 Å². The molecule has 1 aromatic heterocycles. The summed E-state index contributed by atoms with van der Waals surface area (Å²) < 4.78 is 21.3. The van der Waals surface area contributed by atoms with Gasteiger partial charge in [0.2, 0.25) is 5.75 Å². The lowest BCUT2D eigenvalue weighted by Gasteiger charge is -2.15. The molecular weight excluding hydrogens is 372 g/mol. The first-order valence-corrected chi connectivity index (χ1v) is 8.92. The Morgan fingerprint density at radius 2 is 1.41 bits per heavy atom. The topological polar surface area (TPSA) is 86.8 Å². The van der Waals surface area contributed by atoms with Gasteiger partial charge in [-0.1, -0.05) is 12.1 Å². The number of ether oxygens (including phenoxy) is 4. The zero-order chi connectivity index (χ0) is 20.6. The van der Waals surface area contributed by atoms with Gasteiger partial charge in [-0.2, -0.15) is 0 Å². The molecule has 0 unspecified atom stereocenters. The second-order valence-electron chi connectivity index (χ2n) is 6.03. The molecule has 8 nitrogen and oxygen atoms in total. The first-order valence-electron chi connectivity index (χ1n) is 8.92. The number of hydrogen-bond acceptors (Lipinski definition) is 8. The van der Waals surface area contributed by atoms with Gasteiger partial charge in [0.1, 0.15) is 23.7 Å². The van der Waals surface area contributed by atoms with E-state index >= 15 is 0 Å². The van der Waals surface area contributed by atoms with Crippen molar-refractivity contribution in [3.63, 3.8) is 0 Å². The molecule has 0 saturated heterocycles. The number of benzene rings is 2. The largest absolute Gasteiger partial charge is 0.497 e. The summed E-state index contributed by atoms with van der Waals surface area (Å²) >= 11 is 0. The fourth-order valence-corrected chi connectivity index (χ4v) is 2.76. The van der Waals surface area contributed by atoms with Gasteiger partial charge in [0.25, 0.3) is 0 Å². The number of rotatable bonds is 9. The molecule has 3 rings (SSSR count). The Labute approximate surface area is 169 Å². The van der Waals surface area contributed by atoms with E-state index < -0.39 is 0 Å². The molecule has 0 saturated carbocycles. The minimum absolute atomic E-state index is 0.532. The number of hydrogen-bond donors (Lipinski definition) is 2. The molecule has 0 aliphatic heterocycles. The van der Waals surface area contributed by atoms with Crippen LogP contribution in [0.3, 0.4) is 0 Å². The maximum atomic E-state index is 5.39. The molecular formula is C21H24N4O4. The molecule has 0 bridgehead atoms. The van der Waals surface area contributed by atoms with E-state index in [1.54, 1.807) is 28.4 Å². The molecule has 29 heavy (non-hydrogen) atoms. The van der Waals surface area contributed by atoms with E-state index in [9.17, 15) is 0 Å². The van der Waals surface area contributed by atoms with E-state index in [4.69, 9.17) is 18.9 Å². The molecule has 0 atom stereocenters. The minimum atomic E-state index is 0.532. The van der Waals surface area contributed by atoms with Crippen molar-refractivity contribution in [2.24, 2.45) is 0 Å². The Bertz CT molecular complexity index is 923. The van der Waals surface area contributed by atoms with Gasteiger partial charge in [0.05, 0.1) is 28.4 Å². The smallest absolute Gasteiger partial charge is 0.203 e. The summed E-state index contributed by atoms with van der Waals surface area (Å²) in [4.78, 5) is 8.54. The highest BCUT2D eigenvalue weighted by Gasteiger charge is 2.13. The standard InChI is InChI=1S/C21H24N4O4/c1-26-16-7-5-14(6-8-16)12-22-19-11-20(24-13-23-19)25-15-9-17(27-2)21(29-4)18(10-15)28-3/h5-11,13H,12H2,1-4H3,(H2,22,23,24,25). The van der Waals surface area contributed by atoms with Gasteiger partial charge in [0, 0.05) is 30.4 Å². The average Bonchev–Trinajstić information content (AvgIpc) is 2.77. The zero-order valence-corrected chi connectivity index (χ0v) is 16.9. The monoisotopic (exact) mass is 396 g/mol. The van der Waals surface area contributed by atoms with Crippen LogP contribution in [0.1, 0.15) is 5.56 Å². The van der Waals surface area contributed by atoms with Crippen LogP contribution in [-0.2, 0) is 6.54 Å². The Morgan fingerprint density at radius 3 is 2.00 bits per heavy atom. The van der Waals surface area contributed by atoms with Crippen LogP contribution < -0.4 is 29.6 Å². The molecule has 2 N–H and O–H groups in total. The van der Waals surface area contributed by atoms with Gasteiger partial charge in [-0.15, -0.1) is 0 Å². The highest BCUT2D eigenvalue weighted by molar-refractivity contribution is 5.67. The Balaban J connectivity index is 1.72. The maximum Gasteiger partial charge on any atom is 0.203 e. The molecule has 1 heterocycles. The second kappa shape index (κ2) is 9.50. The van der Waals surface area contributed by atoms with Crippen LogP contribution in [0.15, 0.2) is 48.8 Å². The van der Waals surface area contributed by atoms with E-state index in [1.165, 1.54) is 6.33 Å². The van der Waals surface area contributed by atoms with Gasteiger partial charge in [-0.05, 0) is 17.7 Å². The molecule has 0 spiro atoms. The Morgan fingerprint density at radius 1 is 0.759 bits per heavy atom. The molecule has 8 heteroatoms. The van der Waals surface area contributed by atoms with Crippen molar-refractivity contribution < 1.29 is 18.9 Å². The maximum absolute atomic E-state index is 5.39. The van der Waals surface area contributed by atoms with Gasteiger partial charge in [0.15, 0.2) is 11.5 Å². The molecule has 0 radical (unpaired) electrons. The third-order valence-electron chi connectivity index (χ3n) is 4.24. The van der Waals surface area contributed by atoms with Gasteiger partial charge in [-0.3, -0.25) is 0 Å². The van der Waals surface area contributed by atoms with Gasteiger partial charge >= 0.3 is 0 Å². The number of nitrogens with one attached hydrogen (secondary N) is 2. The lowest BCUT2D eigenvalue weighted by atomic mass is 10.2. The van der Waals surface area contributed by atoms with Gasteiger partial charge < -0.3 is 29.6 Å². The number of anilines is 3. The molecule has 0 aliphatic carbocycles. The summed E-state index contributed by atoms with van der Waals surface area (Å²) in [6.07, 6.45) is 1.50. The van der Waals surface area contributed by atoms with Gasteiger partial charge in [-0.25, -0.2) is 9.97 Å². The molecule has 0 aliphatic rings. The quantitative estimate of drug-likeness (QED) is 0.564. The van der Waals surface area contributed by atoms with E-state index in [-0.39, 0.29) is 0 Å². The fourth-order valence-electron chi connectivity index (χ4n) is 2.76. The highest BCUT2D eigenvalue weighted by atomic mass is 16.5. The summed E-state index contributed by atoms with van der Waals surface area (Å²) in [6.45, 7) is 0.630. The van der Waals surface area contributed by atoms with Crippen LogP contribution in [0.4, 0.5) is 17.3 Å². The lowest BCUT2D eigenvalue weighted by molar-refractivity contribution is 0.324. The number of methoxy groups -OCH3 is 4. The van der Waals surface area contributed by atoms with Crippen LogP contribution in [0.2, 0.25) is 0 Å². The summed E-state index contributed by atoms with van der Waals surface area (Å²) in [5, 5.41) is 6.52. The van der Waals surface area contributed by atoms with Crippen molar-refractivity contribution >= 4 is 17.3 Å².